The highest BCUT2D eigenvalue weighted by Gasteiger charge is 2.14. The minimum Gasteiger partial charge on any atom is -0.454 e. The molecule has 1 aliphatic heterocycles. The van der Waals surface area contributed by atoms with E-state index in [0.29, 0.717) is 22.8 Å². The summed E-state index contributed by atoms with van der Waals surface area (Å²) < 4.78 is 15.2. The predicted octanol–water partition coefficient (Wildman–Crippen LogP) is 2.30. The Bertz CT molecular complexity index is 601. The van der Waals surface area contributed by atoms with E-state index < -0.39 is 0 Å². The number of hydrogen-bond acceptors (Lipinski definition) is 5. The Morgan fingerprint density at radius 3 is 3.00 bits per heavy atom. The Hall–Kier alpha value is -2.56. The first-order valence-electron chi connectivity index (χ1n) is 5.33. The molecule has 0 bridgehead atoms. The third kappa shape index (κ3) is 1.98. The Balaban J connectivity index is 1.80. The van der Waals surface area contributed by atoms with E-state index in [1.807, 2.05) is 0 Å². The van der Waals surface area contributed by atoms with Gasteiger partial charge in [0.25, 0.3) is 0 Å². The SMILES string of the molecule is O=C(/C=C/c1cocn1)c1ccc2c(c1)OCO2. The van der Waals surface area contributed by atoms with Gasteiger partial charge in [-0.15, -0.1) is 0 Å². The van der Waals surface area contributed by atoms with Crippen molar-refractivity contribution in [2.45, 2.75) is 0 Å². The van der Waals surface area contributed by atoms with Gasteiger partial charge in [-0.2, -0.15) is 0 Å². The van der Waals surface area contributed by atoms with Crippen molar-refractivity contribution in [3.05, 3.63) is 48.2 Å². The Labute approximate surface area is 103 Å². The lowest BCUT2D eigenvalue weighted by atomic mass is 10.1. The summed E-state index contributed by atoms with van der Waals surface area (Å²) in [7, 11) is 0. The Morgan fingerprint density at radius 2 is 2.17 bits per heavy atom. The van der Waals surface area contributed by atoms with Crippen LogP contribution in [0.15, 0.2) is 41.3 Å². The fourth-order valence-electron chi connectivity index (χ4n) is 1.61. The molecule has 90 valence electrons. The number of aromatic nitrogens is 1. The van der Waals surface area contributed by atoms with E-state index in [4.69, 9.17) is 13.9 Å². The maximum atomic E-state index is 11.9. The lowest BCUT2D eigenvalue weighted by Gasteiger charge is -1.98. The van der Waals surface area contributed by atoms with Crippen LogP contribution < -0.4 is 9.47 Å². The number of ketones is 1. The van der Waals surface area contributed by atoms with Gasteiger partial charge in [-0.3, -0.25) is 4.79 Å². The topological polar surface area (TPSA) is 61.6 Å². The molecule has 0 N–H and O–H groups in total. The van der Waals surface area contributed by atoms with Gasteiger partial charge in [0, 0.05) is 5.56 Å². The van der Waals surface area contributed by atoms with Gasteiger partial charge in [-0.05, 0) is 30.4 Å². The number of hydrogen-bond donors (Lipinski definition) is 0. The molecule has 0 spiro atoms. The standard InChI is InChI=1S/C13H9NO4/c15-11(3-2-10-6-16-7-14-10)9-1-4-12-13(5-9)18-8-17-12/h1-7H,8H2/b3-2+. The van der Waals surface area contributed by atoms with Gasteiger partial charge >= 0.3 is 0 Å². The normalized spacial score (nSPS) is 13.1. The molecular weight excluding hydrogens is 234 g/mol. The highest BCUT2D eigenvalue weighted by molar-refractivity contribution is 6.07. The largest absolute Gasteiger partial charge is 0.454 e. The minimum atomic E-state index is -0.128. The predicted molar refractivity (Wildman–Crippen MR) is 62.4 cm³/mol. The van der Waals surface area contributed by atoms with Gasteiger partial charge < -0.3 is 13.9 Å². The van der Waals surface area contributed by atoms with E-state index in [-0.39, 0.29) is 12.6 Å². The Morgan fingerprint density at radius 1 is 1.28 bits per heavy atom. The maximum absolute atomic E-state index is 11.9. The molecule has 0 radical (unpaired) electrons. The molecule has 1 aliphatic rings. The van der Waals surface area contributed by atoms with Gasteiger partial charge in [-0.25, -0.2) is 4.98 Å². The van der Waals surface area contributed by atoms with Crippen LogP contribution in [0.25, 0.3) is 6.08 Å². The highest BCUT2D eigenvalue weighted by atomic mass is 16.7. The van der Waals surface area contributed by atoms with Crippen molar-refractivity contribution in [3.63, 3.8) is 0 Å². The highest BCUT2D eigenvalue weighted by Crippen LogP contribution is 2.32. The van der Waals surface area contributed by atoms with Crippen LogP contribution in [-0.2, 0) is 0 Å². The van der Waals surface area contributed by atoms with Crippen molar-refractivity contribution >= 4 is 11.9 Å². The van der Waals surface area contributed by atoms with Crippen LogP contribution in [0.4, 0.5) is 0 Å². The molecule has 5 heteroatoms. The monoisotopic (exact) mass is 243 g/mol. The summed E-state index contributed by atoms with van der Waals surface area (Å²) in [5, 5.41) is 0. The van der Waals surface area contributed by atoms with E-state index >= 15 is 0 Å². The van der Waals surface area contributed by atoms with Gasteiger partial charge in [-0.1, -0.05) is 0 Å². The summed E-state index contributed by atoms with van der Waals surface area (Å²) in [6.45, 7) is 0.196. The number of rotatable bonds is 3. The van der Waals surface area contributed by atoms with Crippen LogP contribution in [0.2, 0.25) is 0 Å². The summed E-state index contributed by atoms with van der Waals surface area (Å²) in [6, 6.07) is 5.08. The molecule has 0 unspecified atom stereocenters. The molecule has 3 rings (SSSR count). The zero-order chi connectivity index (χ0) is 12.4. The van der Waals surface area contributed by atoms with Crippen molar-refractivity contribution in [2.75, 3.05) is 6.79 Å². The van der Waals surface area contributed by atoms with Crippen LogP contribution in [0, 0.1) is 0 Å². The summed E-state index contributed by atoms with van der Waals surface area (Å²) in [5.41, 5.74) is 1.14. The Kier molecular flexibility index (Phi) is 2.57. The fraction of sp³-hybridized carbons (Fsp3) is 0.0769. The number of ether oxygens (including phenoxy) is 2. The number of benzene rings is 1. The van der Waals surface area contributed by atoms with Crippen molar-refractivity contribution in [1.82, 2.24) is 4.98 Å². The minimum absolute atomic E-state index is 0.128. The number of oxazole rings is 1. The maximum Gasteiger partial charge on any atom is 0.231 e. The number of nitrogens with zero attached hydrogens (tertiary/aromatic N) is 1. The average Bonchev–Trinajstić information content (AvgIpc) is 3.05. The molecule has 0 saturated heterocycles. The van der Waals surface area contributed by atoms with Gasteiger partial charge in [0.15, 0.2) is 23.7 Å². The quantitative estimate of drug-likeness (QED) is 0.611. The molecule has 0 amide bonds. The van der Waals surface area contributed by atoms with Gasteiger partial charge in [0.2, 0.25) is 6.79 Å². The molecule has 0 saturated carbocycles. The van der Waals surface area contributed by atoms with E-state index in [1.54, 1.807) is 24.3 Å². The van der Waals surface area contributed by atoms with Gasteiger partial charge in [0.1, 0.15) is 12.0 Å². The summed E-state index contributed by atoms with van der Waals surface area (Å²) in [5.74, 6) is 1.12. The molecule has 2 aromatic rings. The van der Waals surface area contributed by atoms with Crippen LogP contribution in [0.3, 0.4) is 0 Å². The van der Waals surface area contributed by atoms with E-state index in [1.165, 1.54) is 18.7 Å². The second-order valence-electron chi connectivity index (χ2n) is 3.68. The molecule has 5 nitrogen and oxygen atoms in total. The molecule has 18 heavy (non-hydrogen) atoms. The molecule has 1 aromatic carbocycles. The van der Waals surface area contributed by atoms with Crippen LogP contribution in [-0.4, -0.2) is 17.6 Å². The van der Waals surface area contributed by atoms with Crippen LogP contribution >= 0.6 is 0 Å². The second-order valence-corrected chi connectivity index (χ2v) is 3.68. The third-order valence-corrected chi connectivity index (χ3v) is 2.51. The number of carbonyl (C=O) groups excluding carboxylic acids is 1. The summed E-state index contributed by atoms with van der Waals surface area (Å²) in [4.78, 5) is 15.8. The first-order chi connectivity index (χ1) is 8.83. The van der Waals surface area contributed by atoms with Gasteiger partial charge in [0.05, 0.1) is 0 Å². The smallest absolute Gasteiger partial charge is 0.231 e. The molecule has 1 aromatic heterocycles. The molecular formula is C13H9NO4. The molecule has 2 heterocycles. The fourth-order valence-corrected chi connectivity index (χ4v) is 1.61. The van der Waals surface area contributed by atoms with E-state index in [0.717, 1.165) is 0 Å². The summed E-state index contributed by atoms with van der Waals surface area (Å²) in [6.07, 6.45) is 5.81. The summed E-state index contributed by atoms with van der Waals surface area (Å²) >= 11 is 0. The second kappa shape index (κ2) is 4.37. The zero-order valence-corrected chi connectivity index (χ0v) is 9.33. The van der Waals surface area contributed by atoms with E-state index in [9.17, 15) is 4.79 Å². The number of allylic oxidation sites excluding steroid dienone is 1. The average molecular weight is 243 g/mol. The van der Waals surface area contributed by atoms with Crippen LogP contribution in [0.1, 0.15) is 16.1 Å². The van der Waals surface area contributed by atoms with Crippen molar-refractivity contribution in [1.29, 1.82) is 0 Å². The number of carbonyl (C=O) groups is 1. The zero-order valence-electron chi connectivity index (χ0n) is 9.33. The van der Waals surface area contributed by atoms with E-state index in [2.05, 4.69) is 4.98 Å². The van der Waals surface area contributed by atoms with Crippen molar-refractivity contribution in [3.8, 4) is 11.5 Å². The molecule has 0 aliphatic carbocycles. The first-order valence-corrected chi connectivity index (χ1v) is 5.33. The number of fused-ring (bicyclic) bond motifs is 1. The molecule has 0 fully saturated rings. The van der Waals surface area contributed by atoms with Crippen LogP contribution in [0.5, 0.6) is 11.5 Å². The third-order valence-electron chi connectivity index (χ3n) is 2.51. The lowest BCUT2D eigenvalue weighted by molar-refractivity contribution is 0.104. The first kappa shape index (κ1) is 10.6. The van der Waals surface area contributed by atoms with Crippen molar-refractivity contribution in [2.24, 2.45) is 0 Å². The lowest BCUT2D eigenvalue weighted by Crippen LogP contribution is -1.94. The van der Waals surface area contributed by atoms with Crippen molar-refractivity contribution < 1.29 is 18.7 Å². The molecule has 0 atom stereocenters.